The van der Waals surface area contributed by atoms with Crippen LogP contribution in [0, 0.1) is 5.82 Å². The average molecular weight is 304 g/mol. The molecule has 0 aliphatic heterocycles. The van der Waals surface area contributed by atoms with Crippen molar-refractivity contribution in [2.45, 2.75) is 30.4 Å². The summed E-state index contributed by atoms with van der Waals surface area (Å²) in [5, 5.41) is 18.2. The molecule has 0 saturated heterocycles. The summed E-state index contributed by atoms with van der Waals surface area (Å²) in [6, 6.07) is 12.5. The number of halogens is 1. The van der Waals surface area contributed by atoms with Gasteiger partial charge >= 0.3 is 7.12 Å². The van der Waals surface area contributed by atoms with Crippen molar-refractivity contribution < 1.29 is 14.4 Å². The summed E-state index contributed by atoms with van der Waals surface area (Å²) in [5.41, 5.74) is 2.20. The fourth-order valence-electron chi connectivity index (χ4n) is 2.02. The van der Waals surface area contributed by atoms with Gasteiger partial charge in [0.05, 0.1) is 0 Å². The van der Waals surface area contributed by atoms with Crippen LogP contribution in [0.25, 0.3) is 0 Å². The highest BCUT2D eigenvalue weighted by Crippen LogP contribution is 2.25. The van der Waals surface area contributed by atoms with Gasteiger partial charge in [0.1, 0.15) is 5.82 Å². The van der Waals surface area contributed by atoms with Gasteiger partial charge in [-0.1, -0.05) is 32.0 Å². The lowest BCUT2D eigenvalue weighted by atomic mass is 9.79. The first kappa shape index (κ1) is 16.1. The predicted molar refractivity (Wildman–Crippen MR) is 86.3 cm³/mol. The second-order valence-electron chi connectivity index (χ2n) is 5.28. The van der Waals surface area contributed by atoms with Gasteiger partial charge in [-0.25, -0.2) is 4.39 Å². The van der Waals surface area contributed by atoms with Gasteiger partial charge in [-0.2, -0.15) is 0 Å². The molecule has 2 N–H and O–H groups in total. The highest BCUT2D eigenvalue weighted by Gasteiger charge is 2.13. The lowest BCUT2D eigenvalue weighted by molar-refractivity contribution is 0.425. The smallest absolute Gasteiger partial charge is 0.423 e. The lowest BCUT2D eigenvalue weighted by Gasteiger charge is -2.08. The summed E-state index contributed by atoms with van der Waals surface area (Å²) in [4.78, 5) is 1.11. The molecule has 0 heterocycles. The van der Waals surface area contributed by atoms with Crippen LogP contribution in [0.3, 0.4) is 0 Å². The fraction of sp³-hybridized carbons (Fsp3) is 0.250. The number of hydrogen-bond donors (Lipinski definition) is 2. The van der Waals surface area contributed by atoms with E-state index < -0.39 is 12.9 Å². The molecule has 0 aliphatic carbocycles. The maximum atomic E-state index is 13.4. The topological polar surface area (TPSA) is 40.5 Å². The molecule has 2 aromatic rings. The molecular formula is C16H18BFO2S. The molecule has 110 valence electrons. The maximum Gasteiger partial charge on any atom is 0.488 e. The highest BCUT2D eigenvalue weighted by molar-refractivity contribution is 7.98. The van der Waals surface area contributed by atoms with Crippen molar-refractivity contribution >= 4 is 24.3 Å². The van der Waals surface area contributed by atoms with E-state index >= 15 is 0 Å². The molecule has 0 unspecified atom stereocenters. The summed E-state index contributed by atoms with van der Waals surface area (Å²) in [6.45, 7) is 4.30. The number of hydrogen-bond acceptors (Lipinski definition) is 3. The van der Waals surface area contributed by atoms with Gasteiger partial charge in [-0.15, -0.1) is 11.8 Å². The minimum absolute atomic E-state index is 0.181. The first-order chi connectivity index (χ1) is 9.95. The van der Waals surface area contributed by atoms with Gasteiger partial charge < -0.3 is 10.0 Å². The van der Waals surface area contributed by atoms with Crippen LogP contribution in [0.4, 0.5) is 4.39 Å². The van der Waals surface area contributed by atoms with Crippen molar-refractivity contribution in [2.24, 2.45) is 0 Å². The van der Waals surface area contributed by atoms with E-state index in [2.05, 4.69) is 38.1 Å². The van der Waals surface area contributed by atoms with Crippen LogP contribution in [-0.2, 0) is 5.75 Å². The molecular weight excluding hydrogens is 286 g/mol. The van der Waals surface area contributed by atoms with E-state index in [0.717, 1.165) is 16.5 Å². The van der Waals surface area contributed by atoms with E-state index in [1.807, 2.05) is 0 Å². The molecule has 0 aromatic heterocycles. The Kier molecular flexibility index (Phi) is 5.45. The second kappa shape index (κ2) is 7.12. The van der Waals surface area contributed by atoms with Crippen molar-refractivity contribution in [2.75, 3.05) is 0 Å². The van der Waals surface area contributed by atoms with Crippen molar-refractivity contribution in [1.29, 1.82) is 0 Å². The van der Waals surface area contributed by atoms with Gasteiger partial charge in [0, 0.05) is 10.6 Å². The SMILES string of the molecule is CC(C)c1ccc(SCc2cc(F)cc(B(O)O)c2)cc1. The summed E-state index contributed by atoms with van der Waals surface area (Å²) >= 11 is 1.59. The maximum absolute atomic E-state index is 13.4. The molecule has 2 aromatic carbocycles. The van der Waals surface area contributed by atoms with E-state index in [-0.39, 0.29) is 5.46 Å². The molecule has 0 fully saturated rings. The Morgan fingerprint density at radius 1 is 1.10 bits per heavy atom. The normalized spacial score (nSPS) is 11.0. The molecule has 0 saturated carbocycles. The Morgan fingerprint density at radius 3 is 2.33 bits per heavy atom. The van der Waals surface area contributed by atoms with Gasteiger partial charge in [0.25, 0.3) is 0 Å². The summed E-state index contributed by atoms with van der Waals surface area (Å²) in [5.74, 6) is 0.630. The Balaban J connectivity index is 2.05. The van der Waals surface area contributed by atoms with E-state index in [1.54, 1.807) is 17.8 Å². The summed E-state index contributed by atoms with van der Waals surface area (Å²) < 4.78 is 13.4. The number of rotatable bonds is 5. The third kappa shape index (κ3) is 4.59. The summed E-state index contributed by atoms with van der Waals surface area (Å²) in [6.07, 6.45) is 0. The first-order valence-corrected chi connectivity index (χ1v) is 7.82. The van der Waals surface area contributed by atoms with Crippen LogP contribution in [0.15, 0.2) is 47.4 Å². The van der Waals surface area contributed by atoms with E-state index in [4.69, 9.17) is 10.0 Å². The van der Waals surface area contributed by atoms with Crippen LogP contribution in [-0.4, -0.2) is 17.2 Å². The second-order valence-corrected chi connectivity index (χ2v) is 6.33. The Bertz CT molecular complexity index is 600. The van der Waals surface area contributed by atoms with Gasteiger partial charge in [-0.05, 0) is 46.8 Å². The van der Waals surface area contributed by atoms with Crippen LogP contribution >= 0.6 is 11.8 Å². The average Bonchev–Trinajstić information content (AvgIpc) is 2.45. The predicted octanol–water partition coefficient (Wildman–Crippen LogP) is 2.92. The van der Waals surface area contributed by atoms with Crippen molar-refractivity contribution in [3.8, 4) is 0 Å². The molecule has 0 atom stereocenters. The van der Waals surface area contributed by atoms with Crippen LogP contribution < -0.4 is 5.46 Å². The van der Waals surface area contributed by atoms with Crippen LogP contribution in [0.1, 0.15) is 30.9 Å². The molecule has 5 heteroatoms. The lowest BCUT2D eigenvalue weighted by Crippen LogP contribution is -2.30. The van der Waals surface area contributed by atoms with Crippen molar-refractivity contribution in [3.63, 3.8) is 0 Å². The number of benzene rings is 2. The highest BCUT2D eigenvalue weighted by atomic mass is 32.2. The van der Waals surface area contributed by atoms with Crippen molar-refractivity contribution in [1.82, 2.24) is 0 Å². The third-order valence-corrected chi connectivity index (χ3v) is 4.31. The Hall–Kier alpha value is -1.30. The molecule has 2 nitrogen and oxygen atoms in total. The minimum Gasteiger partial charge on any atom is -0.423 e. The molecule has 2 rings (SSSR count). The first-order valence-electron chi connectivity index (χ1n) is 6.84. The standard InChI is InChI=1S/C16H18BFO2S/c1-11(2)13-3-5-16(6-4-13)21-10-12-7-14(17(19)20)9-15(18)8-12/h3-9,11,19-20H,10H2,1-2H3. The minimum atomic E-state index is -1.64. The van der Waals surface area contributed by atoms with Crippen LogP contribution in [0.5, 0.6) is 0 Å². The molecule has 0 radical (unpaired) electrons. The molecule has 0 aliphatic rings. The Labute approximate surface area is 129 Å². The monoisotopic (exact) mass is 304 g/mol. The molecule has 0 bridgehead atoms. The zero-order valence-corrected chi connectivity index (χ0v) is 12.9. The molecule has 0 amide bonds. The van der Waals surface area contributed by atoms with Gasteiger partial charge in [0.2, 0.25) is 0 Å². The Morgan fingerprint density at radius 2 is 1.76 bits per heavy atom. The van der Waals surface area contributed by atoms with Gasteiger partial charge in [-0.3, -0.25) is 0 Å². The van der Waals surface area contributed by atoms with E-state index in [9.17, 15) is 4.39 Å². The van der Waals surface area contributed by atoms with Crippen LogP contribution in [0.2, 0.25) is 0 Å². The molecule has 0 spiro atoms. The molecule has 21 heavy (non-hydrogen) atoms. The number of thioether (sulfide) groups is 1. The summed E-state index contributed by atoms with van der Waals surface area (Å²) in [7, 11) is -1.64. The van der Waals surface area contributed by atoms with E-state index in [0.29, 0.717) is 11.7 Å². The quantitative estimate of drug-likeness (QED) is 0.659. The van der Waals surface area contributed by atoms with Crippen molar-refractivity contribution in [3.05, 3.63) is 59.4 Å². The fourth-order valence-corrected chi connectivity index (χ4v) is 2.85. The largest absolute Gasteiger partial charge is 0.488 e. The third-order valence-electron chi connectivity index (χ3n) is 3.23. The van der Waals surface area contributed by atoms with Gasteiger partial charge in [0.15, 0.2) is 0 Å². The zero-order chi connectivity index (χ0) is 15.4. The zero-order valence-electron chi connectivity index (χ0n) is 12.1. The van der Waals surface area contributed by atoms with E-state index in [1.165, 1.54) is 11.6 Å².